The number of aryl methyl sites for hydroxylation is 2. The number of Topliss-reactive ketones (excluding diaryl/α,β-unsaturated/α-hetero) is 1. The number of likely N-dealkylation sites (tertiary alicyclic amines) is 1. The summed E-state index contributed by atoms with van der Waals surface area (Å²) >= 11 is 7.84. The van der Waals surface area contributed by atoms with Gasteiger partial charge in [-0.1, -0.05) is 19.3 Å². The normalized spacial score (nSPS) is 25.5. The summed E-state index contributed by atoms with van der Waals surface area (Å²) < 4.78 is 5.55. The Labute approximate surface area is 214 Å². The lowest BCUT2D eigenvalue weighted by atomic mass is 9.83. The van der Waals surface area contributed by atoms with Gasteiger partial charge in [-0.15, -0.1) is 22.9 Å². The van der Waals surface area contributed by atoms with Gasteiger partial charge in [-0.05, 0) is 61.9 Å². The number of alkyl halides is 1. The molecule has 2 amide bonds. The first-order valence-electron chi connectivity index (χ1n) is 12.3. The van der Waals surface area contributed by atoms with Crippen molar-refractivity contribution >= 4 is 40.5 Å². The van der Waals surface area contributed by atoms with Gasteiger partial charge in [0.15, 0.2) is 5.78 Å². The first-order chi connectivity index (χ1) is 16.8. The lowest BCUT2D eigenvalue weighted by molar-refractivity contribution is -0.139. The lowest BCUT2D eigenvalue weighted by Gasteiger charge is -2.34. The second-order valence-electron chi connectivity index (χ2n) is 9.85. The zero-order valence-corrected chi connectivity index (χ0v) is 21.5. The highest BCUT2D eigenvalue weighted by molar-refractivity contribution is 7.17. The van der Waals surface area contributed by atoms with Crippen LogP contribution in [-0.2, 0) is 14.3 Å². The zero-order chi connectivity index (χ0) is 24.7. The molecular formula is C26H30ClN3O4S. The third-order valence-electron chi connectivity index (χ3n) is 7.41. The number of hydrogen-bond donors (Lipinski definition) is 1. The molecule has 2 saturated heterocycles. The number of carbonyl (C=O) groups excluding carboxylic acids is 3. The minimum atomic E-state index is -0.686. The number of ketones is 1. The maximum Gasteiger partial charge on any atom is 0.262 e. The second-order valence-corrected chi connectivity index (χ2v) is 11.5. The molecule has 35 heavy (non-hydrogen) atoms. The monoisotopic (exact) mass is 515 g/mol. The van der Waals surface area contributed by atoms with Crippen LogP contribution in [0.2, 0.25) is 0 Å². The average Bonchev–Trinajstić information content (AvgIpc) is 3.57. The SMILES string of the molecule is Cc1cc(-c2ccc(C(=O)NC(C(=O)N3C[C@H](Cl)[C@H]4OCC(=O)[C@H]43)C3CCCCC3)s2)c(C)cn1. The van der Waals surface area contributed by atoms with E-state index in [1.165, 1.54) is 11.3 Å². The zero-order valence-electron chi connectivity index (χ0n) is 20.0. The van der Waals surface area contributed by atoms with Crippen LogP contribution in [0.3, 0.4) is 0 Å². The molecule has 3 aliphatic rings. The average molecular weight is 516 g/mol. The van der Waals surface area contributed by atoms with Crippen LogP contribution in [0.1, 0.15) is 53.0 Å². The minimum absolute atomic E-state index is 0.0192. The molecule has 0 aromatic carbocycles. The minimum Gasteiger partial charge on any atom is -0.366 e. The molecule has 3 fully saturated rings. The standard InChI is InChI=1S/C26H30ClN3O4S/c1-14-11-28-15(2)10-17(14)20-8-9-21(35-20)25(32)29-22(16-6-4-3-5-7-16)26(33)30-12-18(27)24-23(30)19(31)13-34-24/h8-11,16,18,22-24H,3-7,12-13H2,1-2H3,(H,29,32)/t18-,22?,23+,24+/m0/s1. The van der Waals surface area contributed by atoms with E-state index >= 15 is 0 Å². The summed E-state index contributed by atoms with van der Waals surface area (Å²) in [5.74, 6) is -0.568. The molecule has 1 aliphatic carbocycles. The predicted molar refractivity (Wildman–Crippen MR) is 135 cm³/mol. The third kappa shape index (κ3) is 4.76. The quantitative estimate of drug-likeness (QED) is 0.610. The summed E-state index contributed by atoms with van der Waals surface area (Å²) in [5.41, 5.74) is 3.01. The summed E-state index contributed by atoms with van der Waals surface area (Å²) in [5, 5.41) is 2.63. The van der Waals surface area contributed by atoms with E-state index in [1.54, 1.807) is 4.90 Å². The van der Waals surface area contributed by atoms with E-state index in [-0.39, 0.29) is 36.7 Å². The molecule has 2 aromatic heterocycles. The van der Waals surface area contributed by atoms with Gasteiger partial charge in [-0.3, -0.25) is 19.4 Å². The van der Waals surface area contributed by atoms with Crippen LogP contribution in [0.25, 0.3) is 10.4 Å². The van der Waals surface area contributed by atoms with Crippen molar-refractivity contribution < 1.29 is 19.1 Å². The summed E-state index contributed by atoms with van der Waals surface area (Å²) in [6.07, 6.45) is 6.30. The van der Waals surface area contributed by atoms with Crippen molar-refractivity contribution in [2.45, 2.75) is 69.5 Å². The van der Waals surface area contributed by atoms with Crippen LogP contribution in [-0.4, -0.2) is 64.2 Å². The van der Waals surface area contributed by atoms with E-state index in [0.29, 0.717) is 4.88 Å². The third-order valence-corrected chi connectivity index (χ3v) is 8.92. The number of halogens is 1. The molecule has 2 aliphatic heterocycles. The fourth-order valence-corrected chi connectivity index (χ4v) is 6.91. The van der Waals surface area contributed by atoms with Gasteiger partial charge >= 0.3 is 0 Å². The molecule has 0 spiro atoms. The van der Waals surface area contributed by atoms with E-state index in [4.69, 9.17) is 16.3 Å². The molecule has 5 rings (SSSR count). The molecule has 1 unspecified atom stereocenters. The number of nitrogens with zero attached hydrogens (tertiary/aromatic N) is 2. The number of amides is 2. The molecule has 1 N–H and O–H groups in total. The van der Waals surface area contributed by atoms with Crippen molar-refractivity contribution in [1.29, 1.82) is 0 Å². The number of carbonyl (C=O) groups is 3. The van der Waals surface area contributed by atoms with Crippen molar-refractivity contribution in [2.75, 3.05) is 13.2 Å². The lowest BCUT2D eigenvalue weighted by Crippen LogP contribution is -2.55. The van der Waals surface area contributed by atoms with Gasteiger partial charge in [0, 0.05) is 23.3 Å². The molecule has 9 heteroatoms. The van der Waals surface area contributed by atoms with Crippen LogP contribution in [0.4, 0.5) is 0 Å². The Bertz CT molecular complexity index is 1150. The van der Waals surface area contributed by atoms with Gasteiger partial charge in [-0.2, -0.15) is 0 Å². The number of ether oxygens (including phenoxy) is 1. The number of thiophene rings is 1. The number of nitrogens with one attached hydrogen (secondary N) is 1. The Balaban J connectivity index is 1.38. The Morgan fingerprint density at radius 2 is 2.00 bits per heavy atom. The van der Waals surface area contributed by atoms with Crippen LogP contribution >= 0.6 is 22.9 Å². The molecule has 4 heterocycles. The number of aromatic nitrogens is 1. The second kappa shape index (κ2) is 9.99. The molecule has 186 valence electrons. The first-order valence-corrected chi connectivity index (χ1v) is 13.5. The van der Waals surface area contributed by atoms with Crippen molar-refractivity contribution in [3.05, 3.63) is 40.5 Å². The predicted octanol–water partition coefficient (Wildman–Crippen LogP) is 3.89. The fourth-order valence-electron chi connectivity index (χ4n) is 5.56. The largest absolute Gasteiger partial charge is 0.366 e. The summed E-state index contributed by atoms with van der Waals surface area (Å²) in [6.45, 7) is 4.18. The molecule has 0 radical (unpaired) electrons. The van der Waals surface area contributed by atoms with E-state index in [1.807, 2.05) is 38.2 Å². The van der Waals surface area contributed by atoms with E-state index < -0.39 is 23.6 Å². The molecule has 7 nitrogen and oxygen atoms in total. The van der Waals surface area contributed by atoms with Gasteiger partial charge in [0.05, 0.1) is 10.3 Å². The fraction of sp³-hybridized carbons (Fsp3) is 0.538. The number of hydrogen-bond acceptors (Lipinski definition) is 6. The van der Waals surface area contributed by atoms with Crippen molar-refractivity contribution in [2.24, 2.45) is 5.92 Å². The summed E-state index contributed by atoms with van der Waals surface area (Å²) in [4.78, 5) is 47.1. The van der Waals surface area contributed by atoms with Gasteiger partial charge in [0.2, 0.25) is 5.91 Å². The molecular weight excluding hydrogens is 486 g/mol. The first kappa shape index (κ1) is 24.4. The van der Waals surface area contributed by atoms with Gasteiger partial charge in [-0.25, -0.2) is 0 Å². The Kier molecular flexibility index (Phi) is 6.97. The maximum absolute atomic E-state index is 13.8. The Morgan fingerprint density at radius 3 is 2.77 bits per heavy atom. The number of pyridine rings is 1. The van der Waals surface area contributed by atoms with Crippen LogP contribution in [0, 0.1) is 19.8 Å². The maximum atomic E-state index is 13.8. The molecule has 4 atom stereocenters. The van der Waals surface area contributed by atoms with Gasteiger partial charge in [0.1, 0.15) is 24.8 Å². The van der Waals surface area contributed by atoms with Gasteiger partial charge in [0.25, 0.3) is 5.91 Å². The van der Waals surface area contributed by atoms with E-state index in [9.17, 15) is 14.4 Å². The van der Waals surface area contributed by atoms with E-state index in [2.05, 4.69) is 10.3 Å². The topological polar surface area (TPSA) is 88.6 Å². The number of rotatable bonds is 5. The molecule has 2 aromatic rings. The van der Waals surface area contributed by atoms with Crippen molar-refractivity contribution in [3.8, 4) is 10.4 Å². The molecule has 1 saturated carbocycles. The smallest absolute Gasteiger partial charge is 0.262 e. The highest BCUT2D eigenvalue weighted by Crippen LogP contribution is 2.35. The highest BCUT2D eigenvalue weighted by Gasteiger charge is 2.53. The van der Waals surface area contributed by atoms with E-state index in [0.717, 1.165) is 53.8 Å². The van der Waals surface area contributed by atoms with Crippen LogP contribution in [0.5, 0.6) is 0 Å². The van der Waals surface area contributed by atoms with Crippen LogP contribution < -0.4 is 5.32 Å². The Hall–Kier alpha value is -2.29. The van der Waals surface area contributed by atoms with Crippen molar-refractivity contribution in [3.63, 3.8) is 0 Å². The van der Waals surface area contributed by atoms with Gasteiger partial charge < -0.3 is 15.0 Å². The Morgan fingerprint density at radius 1 is 1.23 bits per heavy atom. The highest BCUT2D eigenvalue weighted by atomic mass is 35.5. The van der Waals surface area contributed by atoms with Crippen LogP contribution in [0.15, 0.2) is 24.4 Å². The number of fused-ring (bicyclic) bond motifs is 1. The summed E-state index contributed by atoms with van der Waals surface area (Å²) in [7, 11) is 0. The van der Waals surface area contributed by atoms with Crippen molar-refractivity contribution in [1.82, 2.24) is 15.2 Å². The summed E-state index contributed by atoms with van der Waals surface area (Å²) in [6, 6.07) is 4.43. The molecule has 0 bridgehead atoms.